The van der Waals surface area contributed by atoms with Crippen LogP contribution >= 0.6 is 0 Å². The number of amides is 1. The van der Waals surface area contributed by atoms with Crippen LogP contribution < -0.4 is 25.8 Å². The second-order valence-corrected chi connectivity index (χ2v) is 10.8. The minimum absolute atomic E-state index is 0.137. The van der Waals surface area contributed by atoms with E-state index in [2.05, 4.69) is 39.9 Å². The van der Waals surface area contributed by atoms with E-state index >= 15 is 0 Å². The molecule has 226 valence electrons. The first-order valence-corrected chi connectivity index (χ1v) is 14.4. The Morgan fingerprint density at radius 3 is 2.82 bits per heavy atom. The summed E-state index contributed by atoms with van der Waals surface area (Å²) >= 11 is 0. The Morgan fingerprint density at radius 1 is 1.09 bits per heavy atom. The van der Waals surface area contributed by atoms with Gasteiger partial charge in [0.15, 0.2) is 17.3 Å². The lowest BCUT2D eigenvalue weighted by Crippen LogP contribution is -2.29. The van der Waals surface area contributed by atoms with Crippen molar-refractivity contribution in [3.05, 3.63) is 94.0 Å². The van der Waals surface area contributed by atoms with Gasteiger partial charge in [-0.05, 0) is 46.4 Å². The quantitative estimate of drug-likeness (QED) is 0.191. The fourth-order valence-electron chi connectivity index (χ4n) is 5.75. The molecular weight excluding hydrogens is 568 g/mol. The molecule has 0 unspecified atom stereocenters. The number of anilines is 2. The Bertz CT molecular complexity index is 1790. The molecule has 7 rings (SSSR count). The third-order valence-electron chi connectivity index (χ3n) is 7.92. The molecule has 1 saturated heterocycles. The molecule has 44 heavy (non-hydrogen) atoms. The maximum absolute atomic E-state index is 12.7. The summed E-state index contributed by atoms with van der Waals surface area (Å²) < 4.78 is 24.1. The van der Waals surface area contributed by atoms with Gasteiger partial charge in [0.2, 0.25) is 0 Å². The van der Waals surface area contributed by atoms with Crippen molar-refractivity contribution in [3.63, 3.8) is 0 Å². The highest BCUT2D eigenvalue weighted by Crippen LogP contribution is 2.45. The van der Waals surface area contributed by atoms with Gasteiger partial charge in [-0.15, -0.1) is 0 Å². The summed E-state index contributed by atoms with van der Waals surface area (Å²) in [6.07, 6.45) is -0.529. The van der Waals surface area contributed by atoms with Crippen molar-refractivity contribution in [3.8, 4) is 28.4 Å². The second-order valence-electron chi connectivity index (χ2n) is 10.8. The fourth-order valence-corrected chi connectivity index (χ4v) is 5.75. The topological polar surface area (TPSA) is 153 Å². The van der Waals surface area contributed by atoms with E-state index in [1.165, 1.54) is 33.0 Å². The fraction of sp³-hybridized carbons (Fsp3) is 0.281. The Kier molecular flexibility index (Phi) is 7.38. The van der Waals surface area contributed by atoms with Gasteiger partial charge in [0, 0.05) is 6.42 Å². The molecule has 1 aliphatic carbocycles. The molecular formula is C32H30N4O8. The predicted octanol–water partition coefficient (Wildman–Crippen LogP) is 3.61. The van der Waals surface area contributed by atoms with Gasteiger partial charge in [0.25, 0.3) is 0 Å². The molecule has 1 aromatic heterocycles. The van der Waals surface area contributed by atoms with Gasteiger partial charge in [-0.3, -0.25) is 4.57 Å². The van der Waals surface area contributed by atoms with Crippen LogP contribution in [0.5, 0.6) is 17.2 Å². The number of para-hydroxylation sites is 1. The van der Waals surface area contributed by atoms with Gasteiger partial charge in [0.05, 0.1) is 25.5 Å². The van der Waals surface area contributed by atoms with Crippen LogP contribution in [0.4, 0.5) is 16.3 Å². The minimum Gasteiger partial charge on any atom is -0.489 e. The van der Waals surface area contributed by atoms with Crippen molar-refractivity contribution in [2.75, 3.05) is 25.1 Å². The van der Waals surface area contributed by atoms with E-state index in [-0.39, 0.29) is 44.4 Å². The van der Waals surface area contributed by atoms with Gasteiger partial charge in [-0.2, -0.15) is 4.98 Å². The average molecular weight is 599 g/mol. The average Bonchev–Trinajstić information content (AvgIpc) is 3.60. The van der Waals surface area contributed by atoms with Crippen LogP contribution in [0, 0.1) is 0 Å². The van der Waals surface area contributed by atoms with E-state index in [1.54, 1.807) is 18.2 Å². The van der Waals surface area contributed by atoms with Crippen LogP contribution in [-0.2, 0) is 22.5 Å². The monoisotopic (exact) mass is 598 g/mol. The Labute approximate surface area is 251 Å². The summed E-state index contributed by atoms with van der Waals surface area (Å²) in [5, 5.41) is 25.2. The Balaban J connectivity index is 0.918. The second kappa shape index (κ2) is 11.6. The first-order valence-electron chi connectivity index (χ1n) is 14.4. The number of fused-ring (bicyclic) bond motifs is 5. The number of carbonyl (C=O) groups is 1. The summed E-state index contributed by atoms with van der Waals surface area (Å²) in [5.74, 6) is 1.38. The number of rotatable bonds is 8. The van der Waals surface area contributed by atoms with Gasteiger partial charge in [0.1, 0.15) is 37.0 Å². The zero-order valence-corrected chi connectivity index (χ0v) is 23.6. The molecule has 0 saturated carbocycles. The van der Waals surface area contributed by atoms with Crippen molar-refractivity contribution in [1.82, 2.24) is 14.9 Å². The number of aromatic nitrogens is 2. The molecule has 2 aliphatic heterocycles. The predicted molar refractivity (Wildman–Crippen MR) is 158 cm³/mol. The number of hydrogen-bond donors (Lipinski definition) is 4. The van der Waals surface area contributed by atoms with Crippen molar-refractivity contribution in [2.24, 2.45) is 0 Å². The van der Waals surface area contributed by atoms with Gasteiger partial charge in [-0.25, -0.2) is 9.59 Å². The van der Waals surface area contributed by atoms with Crippen LogP contribution in [0.3, 0.4) is 0 Å². The van der Waals surface area contributed by atoms with E-state index < -0.39 is 30.2 Å². The van der Waals surface area contributed by atoms with Crippen molar-refractivity contribution in [2.45, 2.75) is 37.9 Å². The minimum atomic E-state index is -0.896. The molecule has 4 N–H and O–H groups in total. The smallest absolute Gasteiger partial charge is 0.407 e. The maximum atomic E-state index is 12.7. The lowest BCUT2D eigenvalue weighted by Gasteiger charge is -2.24. The first-order chi connectivity index (χ1) is 21.5. The first kappa shape index (κ1) is 27.9. The molecule has 3 aromatic carbocycles. The Morgan fingerprint density at radius 2 is 1.95 bits per heavy atom. The zero-order chi connectivity index (χ0) is 30.2. The third kappa shape index (κ3) is 5.34. The summed E-state index contributed by atoms with van der Waals surface area (Å²) in [6, 6.07) is 19.7. The number of aliphatic hydroxyl groups is 2. The molecule has 0 bridgehead atoms. The van der Waals surface area contributed by atoms with Crippen LogP contribution in [-0.4, -0.2) is 57.8 Å². The van der Waals surface area contributed by atoms with Gasteiger partial charge >= 0.3 is 11.8 Å². The molecule has 3 aliphatic rings. The summed E-state index contributed by atoms with van der Waals surface area (Å²) in [4.78, 5) is 29.1. The molecule has 1 amide bonds. The van der Waals surface area contributed by atoms with E-state index in [1.807, 2.05) is 18.2 Å². The van der Waals surface area contributed by atoms with Crippen LogP contribution in [0.2, 0.25) is 0 Å². The van der Waals surface area contributed by atoms with Gasteiger partial charge < -0.3 is 39.8 Å². The van der Waals surface area contributed by atoms with E-state index in [0.717, 1.165) is 12.0 Å². The number of benzene rings is 3. The normalized spacial score (nSPS) is 19.1. The summed E-state index contributed by atoms with van der Waals surface area (Å²) in [6.45, 7) is 0.151. The molecule has 12 nitrogen and oxygen atoms in total. The summed E-state index contributed by atoms with van der Waals surface area (Å²) in [7, 11) is 0. The lowest BCUT2D eigenvalue weighted by molar-refractivity contribution is -0.0459. The van der Waals surface area contributed by atoms with Gasteiger partial charge in [-0.1, -0.05) is 48.5 Å². The molecule has 12 heteroatoms. The molecule has 0 spiro atoms. The third-order valence-corrected chi connectivity index (χ3v) is 7.92. The number of carbonyl (C=O) groups excluding carboxylic acids is 1. The van der Waals surface area contributed by atoms with Crippen molar-refractivity contribution < 1.29 is 34.0 Å². The van der Waals surface area contributed by atoms with E-state index in [9.17, 15) is 19.8 Å². The summed E-state index contributed by atoms with van der Waals surface area (Å²) in [5.41, 5.74) is 5.81. The molecule has 3 atom stereocenters. The SMILES string of the molecule is O=C(NCCOc1cccc2c1Nc1nc(=O)n([C@H]3C[C@@H](O)[C@@H](CO)O3)cc1O2)OCc1ccc2c(c1)Cc1ccccc1-2. The zero-order valence-electron chi connectivity index (χ0n) is 23.6. The highest BCUT2D eigenvalue weighted by molar-refractivity contribution is 5.78. The highest BCUT2D eigenvalue weighted by Gasteiger charge is 2.36. The molecule has 3 heterocycles. The highest BCUT2D eigenvalue weighted by atomic mass is 16.6. The molecule has 0 radical (unpaired) electrons. The largest absolute Gasteiger partial charge is 0.489 e. The number of ether oxygens (including phenoxy) is 4. The number of aliphatic hydroxyl groups excluding tert-OH is 2. The van der Waals surface area contributed by atoms with Crippen molar-refractivity contribution in [1.29, 1.82) is 0 Å². The number of hydrogen-bond acceptors (Lipinski definition) is 10. The molecule has 1 fully saturated rings. The molecule has 4 aromatic rings. The maximum Gasteiger partial charge on any atom is 0.407 e. The number of alkyl carbamates (subject to hydrolysis) is 1. The van der Waals surface area contributed by atoms with Crippen LogP contribution in [0.15, 0.2) is 71.7 Å². The standard InChI is InChI=1S/C32H30N4O8/c37-16-27-23(38)14-28(44-27)36-15-26-30(35-31(36)39)34-29-24(6-3-7-25(29)43-26)41-11-10-33-32(40)42-17-18-8-9-22-20(12-18)13-19-4-1-2-5-21(19)22/h1-9,12,15,23,27-28,37-38H,10-11,13-14,16-17H2,(H,33,40)(H,34,35,39)/t23-,27-,28-/m1/s1. The Hall–Kier alpha value is -4.91. The van der Waals surface area contributed by atoms with Crippen LogP contribution in [0.25, 0.3) is 11.1 Å². The number of nitrogens with one attached hydrogen (secondary N) is 2. The number of nitrogens with zero attached hydrogens (tertiary/aromatic N) is 2. The lowest BCUT2D eigenvalue weighted by atomic mass is 10.0. The van der Waals surface area contributed by atoms with Crippen LogP contribution in [0.1, 0.15) is 29.3 Å². The van der Waals surface area contributed by atoms with E-state index in [4.69, 9.17) is 18.9 Å². The van der Waals surface area contributed by atoms with E-state index in [0.29, 0.717) is 17.2 Å². The van der Waals surface area contributed by atoms with Crippen molar-refractivity contribution >= 4 is 17.6 Å².